The molecule has 1 rings (SSSR count). The highest BCUT2D eigenvalue weighted by atomic mass is 79.9. The zero-order valence-corrected chi connectivity index (χ0v) is 10.8. The van der Waals surface area contributed by atoms with E-state index >= 15 is 0 Å². The Morgan fingerprint density at radius 2 is 2.00 bits per heavy atom. The molecule has 0 aliphatic carbocycles. The second kappa shape index (κ2) is 5.42. The number of carbonyl (C=O) groups is 2. The normalized spacial score (nSPS) is 10.0. The van der Waals surface area contributed by atoms with E-state index in [0.717, 1.165) is 0 Å². The Balaban J connectivity index is 3.24. The predicted molar refractivity (Wildman–Crippen MR) is 63.8 cm³/mol. The van der Waals surface area contributed by atoms with Crippen molar-refractivity contribution in [2.45, 2.75) is 6.42 Å². The van der Waals surface area contributed by atoms with Gasteiger partial charge in [0.1, 0.15) is 0 Å². The second-order valence-electron chi connectivity index (χ2n) is 2.83. The highest BCUT2D eigenvalue weighted by Gasteiger charge is 2.18. The lowest BCUT2D eigenvalue weighted by molar-refractivity contribution is 0.0691. The standard InChI is InChI=1S/C10H8Br2O3/c11-5-4-8(13)9-6(10(14)15)2-1-3-7(9)12/h1-3H,4-5H2,(H,14,15). The van der Waals surface area contributed by atoms with Crippen LogP contribution >= 0.6 is 31.9 Å². The average Bonchev–Trinajstić information content (AvgIpc) is 2.17. The predicted octanol–water partition coefficient (Wildman–Crippen LogP) is 3.12. The maximum Gasteiger partial charge on any atom is 0.336 e. The molecule has 0 saturated carbocycles. The number of hydrogen-bond donors (Lipinski definition) is 1. The van der Waals surface area contributed by atoms with Crippen molar-refractivity contribution in [2.75, 3.05) is 5.33 Å². The van der Waals surface area contributed by atoms with E-state index in [1.807, 2.05) is 0 Å². The quantitative estimate of drug-likeness (QED) is 0.679. The monoisotopic (exact) mass is 334 g/mol. The summed E-state index contributed by atoms with van der Waals surface area (Å²) in [4.78, 5) is 22.6. The number of Topliss-reactive ketones (excluding diaryl/α,β-unsaturated/α-hetero) is 1. The molecule has 0 aliphatic heterocycles. The number of alkyl halides is 1. The van der Waals surface area contributed by atoms with Gasteiger partial charge in [-0.3, -0.25) is 4.79 Å². The van der Waals surface area contributed by atoms with Gasteiger partial charge in [0, 0.05) is 21.8 Å². The summed E-state index contributed by atoms with van der Waals surface area (Å²) >= 11 is 6.34. The van der Waals surface area contributed by atoms with Crippen LogP contribution < -0.4 is 0 Å². The number of hydrogen-bond acceptors (Lipinski definition) is 2. The Hall–Kier alpha value is -0.680. The number of carboxylic acids is 1. The van der Waals surface area contributed by atoms with Crippen molar-refractivity contribution in [1.29, 1.82) is 0 Å². The Kier molecular flexibility index (Phi) is 4.47. The summed E-state index contributed by atoms with van der Waals surface area (Å²) in [5, 5.41) is 9.44. The summed E-state index contributed by atoms with van der Waals surface area (Å²) < 4.78 is 0.522. The van der Waals surface area contributed by atoms with E-state index in [1.165, 1.54) is 6.07 Å². The van der Waals surface area contributed by atoms with Crippen LogP contribution in [0.25, 0.3) is 0 Å². The summed E-state index contributed by atoms with van der Waals surface area (Å²) in [6, 6.07) is 4.68. The maximum absolute atomic E-state index is 11.7. The summed E-state index contributed by atoms with van der Waals surface area (Å²) in [7, 11) is 0. The molecule has 15 heavy (non-hydrogen) atoms. The van der Waals surface area contributed by atoms with Crippen molar-refractivity contribution in [1.82, 2.24) is 0 Å². The first-order chi connectivity index (χ1) is 7.07. The molecular weight excluding hydrogens is 328 g/mol. The molecule has 1 aromatic rings. The maximum atomic E-state index is 11.7. The van der Waals surface area contributed by atoms with Gasteiger partial charge in [-0.2, -0.15) is 0 Å². The zero-order valence-electron chi connectivity index (χ0n) is 7.67. The molecule has 0 amide bonds. The SMILES string of the molecule is O=C(O)c1cccc(Br)c1C(=O)CCBr. The summed E-state index contributed by atoms with van der Waals surface area (Å²) in [6.07, 6.45) is 0.281. The molecule has 0 saturated heterocycles. The molecule has 3 nitrogen and oxygen atoms in total. The van der Waals surface area contributed by atoms with E-state index in [-0.39, 0.29) is 23.3 Å². The molecule has 1 aromatic carbocycles. The number of carbonyl (C=O) groups excluding carboxylic acids is 1. The number of rotatable bonds is 4. The fourth-order valence-electron chi connectivity index (χ4n) is 1.20. The molecule has 0 heterocycles. The van der Waals surface area contributed by atoms with Crippen molar-refractivity contribution in [3.05, 3.63) is 33.8 Å². The summed E-state index contributed by atoms with van der Waals surface area (Å²) in [6.45, 7) is 0. The first-order valence-corrected chi connectivity index (χ1v) is 6.10. The minimum atomic E-state index is -1.09. The first kappa shape index (κ1) is 12.4. The van der Waals surface area contributed by atoms with Crippen molar-refractivity contribution in [2.24, 2.45) is 0 Å². The van der Waals surface area contributed by atoms with E-state index in [2.05, 4.69) is 31.9 Å². The van der Waals surface area contributed by atoms with Gasteiger partial charge < -0.3 is 5.11 Å². The minimum Gasteiger partial charge on any atom is -0.478 e. The number of ketones is 1. The zero-order chi connectivity index (χ0) is 11.4. The van der Waals surface area contributed by atoms with Crippen LogP contribution in [0.4, 0.5) is 0 Å². The fraction of sp³-hybridized carbons (Fsp3) is 0.200. The first-order valence-electron chi connectivity index (χ1n) is 4.19. The molecule has 0 unspecified atom stereocenters. The van der Waals surface area contributed by atoms with Crippen LogP contribution in [-0.2, 0) is 0 Å². The van der Waals surface area contributed by atoms with E-state index in [0.29, 0.717) is 9.80 Å². The van der Waals surface area contributed by atoms with Gasteiger partial charge in [0.05, 0.1) is 5.56 Å². The van der Waals surface area contributed by atoms with Gasteiger partial charge in [0.25, 0.3) is 0 Å². The number of aromatic carboxylic acids is 1. The van der Waals surface area contributed by atoms with Crippen molar-refractivity contribution in [3.8, 4) is 0 Å². The van der Waals surface area contributed by atoms with Gasteiger partial charge in [-0.15, -0.1) is 0 Å². The molecule has 0 bridgehead atoms. The summed E-state index contributed by atoms with van der Waals surface area (Å²) in [5.74, 6) is -1.27. The Morgan fingerprint density at radius 1 is 1.33 bits per heavy atom. The molecule has 0 spiro atoms. The molecule has 80 valence electrons. The van der Waals surface area contributed by atoms with Gasteiger partial charge >= 0.3 is 5.97 Å². The molecule has 0 atom stereocenters. The second-order valence-corrected chi connectivity index (χ2v) is 4.48. The van der Waals surface area contributed by atoms with Gasteiger partial charge in [0.2, 0.25) is 0 Å². The number of halogens is 2. The van der Waals surface area contributed by atoms with Crippen LogP contribution in [0.3, 0.4) is 0 Å². The van der Waals surface area contributed by atoms with Crippen LogP contribution in [0, 0.1) is 0 Å². The largest absolute Gasteiger partial charge is 0.478 e. The van der Waals surface area contributed by atoms with E-state index in [9.17, 15) is 9.59 Å². The Bertz CT molecular complexity index is 402. The third-order valence-corrected chi connectivity index (χ3v) is 2.90. The molecule has 0 aliphatic rings. The molecule has 0 aromatic heterocycles. The highest BCUT2D eigenvalue weighted by molar-refractivity contribution is 9.10. The Labute approximate surface area is 104 Å². The van der Waals surface area contributed by atoms with Gasteiger partial charge in [0.15, 0.2) is 5.78 Å². The van der Waals surface area contributed by atoms with Crippen LogP contribution in [0.5, 0.6) is 0 Å². The third kappa shape index (κ3) is 2.89. The number of carboxylic acid groups (broad SMARTS) is 1. The van der Waals surface area contributed by atoms with Gasteiger partial charge in [-0.1, -0.05) is 37.9 Å². The van der Waals surface area contributed by atoms with Crippen LogP contribution in [-0.4, -0.2) is 22.2 Å². The van der Waals surface area contributed by atoms with E-state index < -0.39 is 5.97 Å². The molecular formula is C10H8Br2O3. The smallest absolute Gasteiger partial charge is 0.336 e. The minimum absolute atomic E-state index is 0.0373. The van der Waals surface area contributed by atoms with Crippen molar-refractivity contribution in [3.63, 3.8) is 0 Å². The fourth-order valence-corrected chi connectivity index (χ4v) is 2.14. The topological polar surface area (TPSA) is 54.4 Å². The Morgan fingerprint density at radius 3 is 2.53 bits per heavy atom. The highest BCUT2D eigenvalue weighted by Crippen LogP contribution is 2.22. The van der Waals surface area contributed by atoms with Gasteiger partial charge in [-0.05, 0) is 12.1 Å². The van der Waals surface area contributed by atoms with Crippen molar-refractivity contribution < 1.29 is 14.7 Å². The average molecular weight is 336 g/mol. The van der Waals surface area contributed by atoms with Crippen molar-refractivity contribution >= 4 is 43.6 Å². The lowest BCUT2D eigenvalue weighted by Gasteiger charge is -2.06. The van der Waals surface area contributed by atoms with Crippen LogP contribution in [0.1, 0.15) is 27.1 Å². The molecule has 0 fully saturated rings. The molecule has 5 heteroatoms. The van der Waals surface area contributed by atoms with E-state index in [4.69, 9.17) is 5.11 Å². The number of benzene rings is 1. The van der Waals surface area contributed by atoms with Crippen LogP contribution in [0.2, 0.25) is 0 Å². The summed E-state index contributed by atoms with van der Waals surface area (Å²) in [5.41, 5.74) is 0.278. The van der Waals surface area contributed by atoms with Gasteiger partial charge in [-0.25, -0.2) is 4.79 Å². The lowest BCUT2D eigenvalue weighted by Crippen LogP contribution is -2.09. The third-order valence-electron chi connectivity index (χ3n) is 1.84. The van der Waals surface area contributed by atoms with E-state index in [1.54, 1.807) is 12.1 Å². The lowest BCUT2D eigenvalue weighted by atomic mass is 10.0. The molecule has 0 radical (unpaired) electrons. The molecule has 1 N–H and O–H groups in total. The van der Waals surface area contributed by atoms with Crippen LogP contribution in [0.15, 0.2) is 22.7 Å².